The number of carbonyl (C=O) groups excluding carboxylic acids is 1. The van der Waals surface area contributed by atoms with E-state index < -0.39 is 15.4 Å². The lowest BCUT2D eigenvalue weighted by Crippen LogP contribution is -2.48. The molecule has 2 aromatic rings. The molecule has 0 bridgehead atoms. The molecular formula is C26H31Cl3N2O4S. The Hall–Kier alpha value is -1.51. The van der Waals surface area contributed by atoms with Crippen molar-refractivity contribution < 1.29 is 17.9 Å². The van der Waals surface area contributed by atoms with Gasteiger partial charge in [0.05, 0.1) is 11.6 Å². The minimum Gasteiger partial charge on any atom is -0.493 e. The van der Waals surface area contributed by atoms with E-state index in [0.29, 0.717) is 41.7 Å². The Morgan fingerprint density at radius 2 is 1.64 bits per heavy atom. The summed E-state index contributed by atoms with van der Waals surface area (Å²) in [5.74, 6) is 0.798. The molecule has 0 saturated carbocycles. The molecule has 0 aliphatic carbocycles. The van der Waals surface area contributed by atoms with E-state index in [1.54, 1.807) is 6.07 Å². The normalized spacial score (nSPS) is 18.7. The van der Waals surface area contributed by atoms with Gasteiger partial charge >= 0.3 is 0 Å². The number of piperidine rings is 2. The van der Waals surface area contributed by atoms with Crippen LogP contribution in [0.1, 0.15) is 44.1 Å². The van der Waals surface area contributed by atoms with Crippen molar-refractivity contribution in [3.05, 3.63) is 57.0 Å². The average Bonchev–Trinajstić information content (AvgIpc) is 2.85. The second-order valence-corrected chi connectivity index (χ2v) is 13.0. The topological polar surface area (TPSA) is 66.9 Å². The highest BCUT2D eigenvalue weighted by Crippen LogP contribution is 2.39. The molecule has 2 saturated heterocycles. The molecule has 10 heteroatoms. The number of aryl methyl sites for hydroxylation is 1. The third kappa shape index (κ3) is 6.30. The number of ether oxygens (including phenoxy) is 1. The molecular weight excluding hydrogens is 543 g/mol. The highest BCUT2D eigenvalue weighted by atomic mass is 35.5. The Labute approximate surface area is 228 Å². The summed E-state index contributed by atoms with van der Waals surface area (Å²) in [6.45, 7) is 4.35. The summed E-state index contributed by atoms with van der Waals surface area (Å²) in [5.41, 5.74) is 0.436. The van der Waals surface area contributed by atoms with Crippen molar-refractivity contribution in [1.29, 1.82) is 0 Å². The highest BCUT2D eigenvalue weighted by molar-refractivity contribution is 7.89. The van der Waals surface area contributed by atoms with Crippen LogP contribution in [0, 0.1) is 12.3 Å². The van der Waals surface area contributed by atoms with E-state index in [-0.39, 0.29) is 28.9 Å². The maximum absolute atomic E-state index is 13.3. The lowest BCUT2D eigenvalue weighted by atomic mass is 9.76. The summed E-state index contributed by atoms with van der Waals surface area (Å²) in [7, 11) is -3.79. The Balaban J connectivity index is 1.51. The zero-order valence-electron chi connectivity index (χ0n) is 20.3. The zero-order chi connectivity index (χ0) is 25.9. The van der Waals surface area contributed by atoms with Crippen LogP contribution < -0.4 is 4.74 Å². The Bertz CT molecular complexity index is 1210. The van der Waals surface area contributed by atoms with E-state index >= 15 is 0 Å². The largest absolute Gasteiger partial charge is 0.493 e. The third-order valence-electron chi connectivity index (χ3n) is 7.20. The minimum absolute atomic E-state index is 0.0401. The maximum Gasteiger partial charge on any atom is 0.244 e. The Morgan fingerprint density at radius 1 is 0.944 bits per heavy atom. The maximum atomic E-state index is 13.3. The van der Waals surface area contributed by atoms with Crippen LogP contribution in [0.4, 0.5) is 0 Å². The highest BCUT2D eigenvalue weighted by Gasteiger charge is 2.42. The molecule has 6 nitrogen and oxygen atoms in total. The number of sulfonamides is 1. The molecule has 2 aromatic carbocycles. The first kappa shape index (κ1) is 27.5. The van der Waals surface area contributed by atoms with E-state index in [9.17, 15) is 13.2 Å². The molecule has 2 aliphatic rings. The first-order valence-electron chi connectivity index (χ1n) is 12.2. The summed E-state index contributed by atoms with van der Waals surface area (Å²) in [6, 6.07) is 9.88. The SMILES string of the molecule is Cc1cc(OCC2(CC(=O)N3CCCCC3)CCN(S(=O)(=O)c3ccc(Cl)cc3Cl)CC2)ccc1Cl. The van der Waals surface area contributed by atoms with Crippen molar-refractivity contribution in [2.45, 2.75) is 50.3 Å². The fraction of sp³-hybridized carbons (Fsp3) is 0.500. The van der Waals surface area contributed by atoms with E-state index in [2.05, 4.69) is 0 Å². The monoisotopic (exact) mass is 572 g/mol. The minimum atomic E-state index is -3.79. The molecule has 36 heavy (non-hydrogen) atoms. The van der Waals surface area contributed by atoms with Crippen LogP contribution in [0.25, 0.3) is 0 Å². The van der Waals surface area contributed by atoms with Gasteiger partial charge in [-0.25, -0.2) is 8.42 Å². The molecule has 2 heterocycles. The number of benzene rings is 2. The zero-order valence-corrected chi connectivity index (χ0v) is 23.4. The van der Waals surface area contributed by atoms with Crippen LogP contribution in [-0.4, -0.2) is 56.3 Å². The van der Waals surface area contributed by atoms with E-state index in [4.69, 9.17) is 39.5 Å². The van der Waals surface area contributed by atoms with Crippen LogP contribution in [0.2, 0.25) is 15.1 Å². The number of nitrogens with zero attached hydrogens (tertiary/aromatic N) is 2. The van der Waals surface area contributed by atoms with E-state index in [1.165, 1.54) is 22.5 Å². The van der Waals surface area contributed by atoms with Gasteiger partial charge in [0.15, 0.2) is 0 Å². The van der Waals surface area contributed by atoms with Crippen LogP contribution >= 0.6 is 34.8 Å². The van der Waals surface area contributed by atoms with Crippen LogP contribution in [0.5, 0.6) is 5.75 Å². The molecule has 4 rings (SSSR count). The first-order chi connectivity index (χ1) is 17.1. The van der Waals surface area contributed by atoms with Gasteiger partial charge in [-0.2, -0.15) is 4.31 Å². The molecule has 0 atom stereocenters. The number of hydrogen-bond acceptors (Lipinski definition) is 4. The Morgan fingerprint density at radius 3 is 2.28 bits per heavy atom. The number of amides is 1. The molecule has 0 spiro atoms. The van der Waals surface area contributed by atoms with Gasteiger partial charge < -0.3 is 9.64 Å². The number of carbonyl (C=O) groups is 1. The van der Waals surface area contributed by atoms with Gasteiger partial charge in [-0.3, -0.25) is 4.79 Å². The predicted molar refractivity (Wildman–Crippen MR) is 144 cm³/mol. The molecule has 1 amide bonds. The molecule has 0 unspecified atom stereocenters. The van der Waals surface area contributed by atoms with Crippen molar-refractivity contribution >= 4 is 50.7 Å². The van der Waals surface area contributed by atoms with Crippen molar-refractivity contribution in [3.63, 3.8) is 0 Å². The van der Waals surface area contributed by atoms with Crippen molar-refractivity contribution in [2.75, 3.05) is 32.8 Å². The summed E-state index contributed by atoms with van der Waals surface area (Å²) in [4.78, 5) is 15.2. The van der Waals surface area contributed by atoms with Crippen molar-refractivity contribution in [2.24, 2.45) is 5.41 Å². The molecule has 0 N–H and O–H groups in total. The van der Waals surface area contributed by atoms with Gasteiger partial charge in [-0.1, -0.05) is 34.8 Å². The summed E-state index contributed by atoms with van der Waals surface area (Å²) >= 11 is 18.3. The summed E-state index contributed by atoms with van der Waals surface area (Å²) in [5, 5.41) is 1.14. The van der Waals surface area contributed by atoms with Crippen molar-refractivity contribution in [1.82, 2.24) is 9.21 Å². The van der Waals surface area contributed by atoms with Gasteiger partial charge in [0, 0.05) is 48.1 Å². The third-order valence-corrected chi connectivity index (χ3v) is 10.2. The van der Waals surface area contributed by atoms with Gasteiger partial charge in [0.1, 0.15) is 10.6 Å². The number of likely N-dealkylation sites (tertiary alicyclic amines) is 1. The van der Waals surface area contributed by atoms with Gasteiger partial charge in [0.25, 0.3) is 0 Å². The molecule has 2 fully saturated rings. The van der Waals surface area contributed by atoms with Gasteiger partial charge in [-0.05, 0) is 81.0 Å². The summed E-state index contributed by atoms with van der Waals surface area (Å²) < 4.78 is 34.3. The van der Waals surface area contributed by atoms with Crippen molar-refractivity contribution in [3.8, 4) is 5.75 Å². The smallest absolute Gasteiger partial charge is 0.244 e. The fourth-order valence-corrected chi connectivity index (χ4v) is 7.22. The average molecular weight is 574 g/mol. The number of hydrogen-bond donors (Lipinski definition) is 0. The quantitative estimate of drug-likeness (QED) is 0.395. The van der Waals surface area contributed by atoms with Crippen LogP contribution in [0.3, 0.4) is 0 Å². The van der Waals surface area contributed by atoms with E-state index in [0.717, 1.165) is 37.9 Å². The Kier molecular flexibility index (Phi) is 8.78. The predicted octanol–water partition coefficient (Wildman–Crippen LogP) is 6.21. The molecule has 0 radical (unpaired) electrons. The first-order valence-corrected chi connectivity index (χ1v) is 14.8. The van der Waals surface area contributed by atoms with Crippen LogP contribution in [0.15, 0.2) is 41.3 Å². The second-order valence-electron chi connectivity index (χ2n) is 9.80. The van der Waals surface area contributed by atoms with Gasteiger partial charge in [-0.15, -0.1) is 0 Å². The lowest BCUT2D eigenvalue weighted by molar-refractivity contribution is -0.136. The molecule has 0 aromatic heterocycles. The van der Waals surface area contributed by atoms with Crippen LogP contribution in [-0.2, 0) is 14.8 Å². The summed E-state index contributed by atoms with van der Waals surface area (Å²) in [6.07, 6.45) is 4.52. The fourth-order valence-electron chi connectivity index (χ4n) is 4.92. The molecule has 196 valence electrons. The molecule has 2 aliphatic heterocycles. The van der Waals surface area contributed by atoms with E-state index in [1.807, 2.05) is 24.0 Å². The lowest BCUT2D eigenvalue weighted by Gasteiger charge is -2.42. The number of rotatable bonds is 7. The standard InChI is InChI=1S/C26H31Cl3N2O4S/c1-19-15-21(6-7-22(19)28)35-18-26(17-25(32)30-11-3-2-4-12-30)9-13-31(14-10-26)36(33,34)24-8-5-20(27)16-23(24)29/h5-8,15-16H,2-4,9-14,17-18H2,1H3. The van der Waals surface area contributed by atoms with Gasteiger partial charge in [0.2, 0.25) is 15.9 Å². The number of halogens is 3. The second kappa shape index (κ2) is 11.5.